The molecule has 0 saturated heterocycles. The van der Waals surface area contributed by atoms with Gasteiger partial charge in [-0.15, -0.1) is 0 Å². The highest BCUT2D eigenvalue weighted by Crippen LogP contribution is 2.39. The van der Waals surface area contributed by atoms with Crippen LogP contribution in [0, 0.1) is 5.92 Å². The molecule has 1 saturated carbocycles. The topological polar surface area (TPSA) is 37.9 Å². The largest absolute Gasteiger partial charge is 0.497 e. The number of nitrogens with one attached hydrogen (secondary N) is 1. The number of hydrogen-bond acceptors (Lipinski definition) is 2. The lowest BCUT2D eigenvalue weighted by Crippen LogP contribution is -2.14. The molecule has 164 valence electrons. The molecule has 1 fully saturated rings. The first-order valence-electron chi connectivity index (χ1n) is 12.0. The number of imidazole rings is 1. The molecule has 3 heteroatoms. The number of methoxy groups -OCH3 is 1. The molecule has 0 aliphatic heterocycles. The van der Waals surface area contributed by atoms with Crippen LogP contribution >= 0.6 is 0 Å². The second-order valence-corrected chi connectivity index (χ2v) is 9.04. The van der Waals surface area contributed by atoms with E-state index in [0.717, 1.165) is 18.1 Å². The molecule has 1 aromatic heterocycles. The first-order valence-corrected chi connectivity index (χ1v) is 12.0. The molecular weight excluding hydrogens is 380 g/mol. The highest BCUT2D eigenvalue weighted by molar-refractivity contribution is 5.66. The fourth-order valence-electron chi connectivity index (χ4n) is 5.13. The van der Waals surface area contributed by atoms with Gasteiger partial charge in [0.25, 0.3) is 0 Å². The molecule has 1 aliphatic carbocycles. The third kappa shape index (κ3) is 5.39. The van der Waals surface area contributed by atoms with Crippen molar-refractivity contribution in [2.24, 2.45) is 5.92 Å². The molecule has 31 heavy (non-hydrogen) atoms. The van der Waals surface area contributed by atoms with Crippen molar-refractivity contribution in [3.8, 4) is 16.9 Å². The van der Waals surface area contributed by atoms with Crippen molar-refractivity contribution >= 4 is 0 Å². The Bertz CT molecular complexity index is 924. The number of H-pyrrole nitrogens is 1. The van der Waals surface area contributed by atoms with Crippen molar-refractivity contribution in [3.05, 3.63) is 71.8 Å². The first kappa shape index (κ1) is 21.7. The van der Waals surface area contributed by atoms with Gasteiger partial charge in [0, 0.05) is 17.8 Å². The SMILES string of the molecule is CCCCc1cc(-c2ccc(OC)cc2)ccc1C(CC1CCCCC1)c1cnc[nH]1. The van der Waals surface area contributed by atoms with E-state index >= 15 is 0 Å². The van der Waals surface area contributed by atoms with Gasteiger partial charge >= 0.3 is 0 Å². The van der Waals surface area contributed by atoms with E-state index < -0.39 is 0 Å². The normalized spacial score (nSPS) is 15.7. The predicted octanol–water partition coefficient (Wildman–Crippen LogP) is 7.53. The fraction of sp³-hybridized carbons (Fsp3) is 0.464. The molecular formula is C28H36N2O. The van der Waals surface area contributed by atoms with Gasteiger partial charge in [-0.1, -0.05) is 75.8 Å². The average Bonchev–Trinajstić information content (AvgIpc) is 3.37. The Morgan fingerprint density at radius 3 is 2.48 bits per heavy atom. The van der Waals surface area contributed by atoms with E-state index in [9.17, 15) is 0 Å². The van der Waals surface area contributed by atoms with Crippen LogP contribution in [0.4, 0.5) is 0 Å². The Labute approximate surface area is 187 Å². The van der Waals surface area contributed by atoms with E-state index in [0.29, 0.717) is 5.92 Å². The van der Waals surface area contributed by atoms with Crippen LogP contribution in [0.5, 0.6) is 5.75 Å². The third-order valence-electron chi connectivity index (χ3n) is 6.93. The standard InChI is InChI=1S/C28H36N2O/c1-3-4-10-24-18-23(22-11-14-25(31-2)15-12-22)13-16-26(24)27(28-19-29-20-30-28)17-21-8-6-5-7-9-21/h11-16,18-21,27H,3-10,17H2,1-2H3,(H,29,30). The van der Waals surface area contributed by atoms with Gasteiger partial charge in [-0.05, 0) is 59.6 Å². The first-order chi connectivity index (χ1) is 15.3. The number of aromatic nitrogens is 2. The lowest BCUT2D eigenvalue weighted by atomic mass is 9.77. The molecule has 0 spiro atoms. The molecule has 2 aromatic carbocycles. The zero-order chi connectivity index (χ0) is 21.5. The van der Waals surface area contributed by atoms with E-state index in [1.165, 1.54) is 79.3 Å². The Morgan fingerprint density at radius 1 is 1.03 bits per heavy atom. The minimum absolute atomic E-state index is 0.405. The summed E-state index contributed by atoms with van der Waals surface area (Å²) in [5.74, 6) is 2.13. The van der Waals surface area contributed by atoms with Gasteiger partial charge in [0.2, 0.25) is 0 Å². The maximum absolute atomic E-state index is 5.34. The summed E-state index contributed by atoms with van der Waals surface area (Å²) in [7, 11) is 1.72. The van der Waals surface area contributed by atoms with Gasteiger partial charge in [0.15, 0.2) is 0 Å². The van der Waals surface area contributed by atoms with E-state index in [1.54, 1.807) is 7.11 Å². The second kappa shape index (κ2) is 10.7. The Hall–Kier alpha value is -2.55. The molecule has 1 unspecified atom stereocenters. The average molecular weight is 417 g/mol. The Kier molecular flexibility index (Phi) is 7.45. The highest BCUT2D eigenvalue weighted by atomic mass is 16.5. The number of aryl methyl sites for hydroxylation is 1. The van der Waals surface area contributed by atoms with Crippen molar-refractivity contribution in [3.63, 3.8) is 0 Å². The quantitative estimate of drug-likeness (QED) is 0.391. The van der Waals surface area contributed by atoms with E-state index in [1.807, 2.05) is 24.7 Å². The minimum atomic E-state index is 0.405. The van der Waals surface area contributed by atoms with Crippen LogP contribution in [-0.4, -0.2) is 17.1 Å². The lowest BCUT2D eigenvalue weighted by molar-refractivity contribution is 0.326. The van der Waals surface area contributed by atoms with Crippen LogP contribution in [0.2, 0.25) is 0 Å². The van der Waals surface area contributed by atoms with Gasteiger partial charge in [-0.3, -0.25) is 0 Å². The van der Waals surface area contributed by atoms with Crippen molar-refractivity contribution in [1.29, 1.82) is 0 Å². The molecule has 0 amide bonds. The summed E-state index contributed by atoms with van der Waals surface area (Å²) in [4.78, 5) is 7.81. The maximum atomic E-state index is 5.34. The summed E-state index contributed by atoms with van der Waals surface area (Å²) in [6, 6.07) is 15.5. The second-order valence-electron chi connectivity index (χ2n) is 9.04. The van der Waals surface area contributed by atoms with Crippen molar-refractivity contribution in [2.45, 2.75) is 70.6 Å². The van der Waals surface area contributed by atoms with Crippen LogP contribution in [-0.2, 0) is 6.42 Å². The van der Waals surface area contributed by atoms with Crippen LogP contribution in [0.25, 0.3) is 11.1 Å². The minimum Gasteiger partial charge on any atom is -0.497 e. The predicted molar refractivity (Wildman–Crippen MR) is 129 cm³/mol. The summed E-state index contributed by atoms with van der Waals surface area (Å²) in [6.45, 7) is 2.28. The summed E-state index contributed by atoms with van der Waals surface area (Å²) >= 11 is 0. The Morgan fingerprint density at radius 2 is 1.81 bits per heavy atom. The summed E-state index contributed by atoms with van der Waals surface area (Å²) < 4.78 is 5.34. The molecule has 3 aromatic rings. The number of nitrogens with zero attached hydrogens (tertiary/aromatic N) is 1. The third-order valence-corrected chi connectivity index (χ3v) is 6.93. The van der Waals surface area contributed by atoms with Gasteiger partial charge in [0.05, 0.1) is 13.4 Å². The number of unbranched alkanes of at least 4 members (excludes halogenated alkanes) is 1. The fourth-order valence-corrected chi connectivity index (χ4v) is 5.13. The molecule has 3 nitrogen and oxygen atoms in total. The molecule has 1 atom stereocenters. The zero-order valence-electron chi connectivity index (χ0n) is 19.1. The maximum Gasteiger partial charge on any atom is 0.118 e. The molecule has 0 bridgehead atoms. The summed E-state index contributed by atoms with van der Waals surface area (Å²) in [5.41, 5.74) is 6.78. The number of aromatic amines is 1. The number of hydrogen-bond donors (Lipinski definition) is 1. The van der Waals surface area contributed by atoms with Crippen molar-refractivity contribution in [1.82, 2.24) is 9.97 Å². The van der Waals surface area contributed by atoms with E-state index in [2.05, 4.69) is 47.2 Å². The molecule has 1 N–H and O–H groups in total. The van der Waals surface area contributed by atoms with Gasteiger partial charge in [-0.25, -0.2) is 4.98 Å². The van der Waals surface area contributed by atoms with Crippen molar-refractivity contribution in [2.75, 3.05) is 7.11 Å². The van der Waals surface area contributed by atoms with Gasteiger partial charge in [-0.2, -0.15) is 0 Å². The van der Waals surface area contributed by atoms with Crippen molar-refractivity contribution < 1.29 is 4.74 Å². The monoisotopic (exact) mass is 416 g/mol. The van der Waals surface area contributed by atoms with Gasteiger partial charge < -0.3 is 9.72 Å². The van der Waals surface area contributed by atoms with Crippen LogP contribution in [0.15, 0.2) is 55.0 Å². The van der Waals surface area contributed by atoms with E-state index in [4.69, 9.17) is 4.74 Å². The molecule has 4 rings (SSSR count). The molecule has 1 heterocycles. The summed E-state index contributed by atoms with van der Waals surface area (Å²) in [5, 5.41) is 0. The van der Waals surface area contributed by atoms with Crippen LogP contribution < -0.4 is 4.74 Å². The Balaban J connectivity index is 1.68. The number of ether oxygens (including phenoxy) is 1. The van der Waals surface area contributed by atoms with Crippen LogP contribution in [0.1, 0.15) is 81.0 Å². The highest BCUT2D eigenvalue weighted by Gasteiger charge is 2.24. The van der Waals surface area contributed by atoms with E-state index in [-0.39, 0.29) is 0 Å². The zero-order valence-corrected chi connectivity index (χ0v) is 19.1. The molecule has 0 radical (unpaired) electrons. The van der Waals surface area contributed by atoms with Crippen LogP contribution in [0.3, 0.4) is 0 Å². The lowest BCUT2D eigenvalue weighted by Gasteiger charge is -2.28. The number of benzene rings is 2. The summed E-state index contributed by atoms with van der Waals surface area (Å²) in [6.07, 6.45) is 15.6. The number of rotatable bonds is 9. The smallest absolute Gasteiger partial charge is 0.118 e. The molecule has 1 aliphatic rings. The van der Waals surface area contributed by atoms with Gasteiger partial charge in [0.1, 0.15) is 5.75 Å².